The van der Waals surface area contributed by atoms with Gasteiger partial charge in [0.1, 0.15) is 0 Å². The van der Waals surface area contributed by atoms with Crippen molar-refractivity contribution in [3.05, 3.63) is 54.1 Å². The van der Waals surface area contributed by atoms with Crippen LogP contribution in [0, 0.1) is 23.7 Å². The normalized spacial score (nSPS) is 25.6. The summed E-state index contributed by atoms with van der Waals surface area (Å²) in [6.07, 6.45) is 4.51. The lowest BCUT2D eigenvalue weighted by Gasteiger charge is -2.28. The molecule has 2 heterocycles. The molecule has 0 bridgehead atoms. The number of hydrogen-bond acceptors (Lipinski definition) is 10. The van der Waals surface area contributed by atoms with Crippen LogP contribution in [0.5, 0.6) is 0 Å². The standard InChI is InChI=1S/C44H74O10S2/c1-13-30(7)23-42-34(11)39(27-56(48,49)38-19-15-35(14-2)16-20-38)43(53-42)26-40(45)33(10)31(8)24-37(54-55(12,46)47)17-21-41-32(9)25-36(52-41)18-22-44(50-28(3)4)51-29(5)6/h15-16,19-20,28-31,34,36-37,39-45H,9-10,13-14,17-18,21-27H2,1-8,11-12H3/t30-,31+,34-,36+,37-,39-,40-,41+,42-,43+/m1/s1. The van der Waals surface area contributed by atoms with Crippen molar-refractivity contribution in [3.8, 4) is 0 Å². The minimum absolute atomic E-state index is 0.0283. The number of ether oxygens (including phenoxy) is 4. The van der Waals surface area contributed by atoms with Crippen molar-refractivity contribution in [2.75, 3.05) is 12.0 Å². The van der Waals surface area contributed by atoms with Crippen LogP contribution in [0.2, 0.25) is 0 Å². The summed E-state index contributed by atoms with van der Waals surface area (Å²) in [6, 6.07) is 7.09. The first kappa shape index (κ1) is 48.7. The molecule has 3 rings (SSSR count). The smallest absolute Gasteiger partial charge is 0.264 e. The van der Waals surface area contributed by atoms with E-state index in [1.54, 1.807) is 12.1 Å². The van der Waals surface area contributed by atoms with Crippen molar-refractivity contribution in [2.45, 2.75) is 187 Å². The van der Waals surface area contributed by atoms with E-state index in [-0.39, 0.29) is 66.7 Å². The first-order valence-electron chi connectivity index (χ1n) is 21.0. The number of aryl methyl sites for hydroxylation is 1. The maximum Gasteiger partial charge on any atom is 0.264 e. The molecule has 2 fully saturated rings. The van der Waals surface area contributed by atoms with Crippen LogP contribution in [0.4, 0.5) is 0 Å². The first-order chi connectivity index (χ1) is 26.1. The fourth-order valence-electron chi connectivity index (χ4n) is 8.04. The van der Waals surface area contributed by atoms with Gasteiger partial charge in [-0.05, 0) is 119 Å². The van der Waals surface area contributed by atoms with Crippen molar-refractivity contribution in [3.63, 3.8) is 0 Å². The van der Waals surface area contributed by atoms with E-state index in [2.05, 4.69) is 33.9 Å². The largest absolute Gasteiger partial charge is 0.389 e. The van der Waals surface area contributed by atoms with Crippen LogP contribution in [0.1, 0.15) is 126 Å². The van der Waals surface area contributed by atoms with Crippen LogP contribution in [0.25, 0.3) is 0 Å². The van der Waals surface area contributed by atoms with Crippen molar-refractivity contribution in [1.82, 2.24) is 0 Å². The zero-order chi connectivity index (χ0) is 42.0. The molecule has 10 nitrogen and oxygen atoms in total. The van der Waals surface area contributed by atoms with E-state index in [1.807, 2.05) is 53.7 Å². The van der Waals surface area contributed by atoms with Crippen LogP contribution in [0.3, 0.4) is 0 Å². The molecule has 56 heavy (non-hydrogen) atoms. The summed E-state index contributed by atoms with van der Waals surface area (Å²) >= 11 is 0. The molecule has 322 valence electrons. The Balaban J connectivity index is 1.66. The van der Waals surface area contributed by atoms with Crippen LogP contribution < -0.4 is 0 Å². The maximum atomic E-state index is 13.7. The Kier molecular flexibility index (Phi) is 19.2. The number of aliphatic hydroxyl groups excluding tert-OH is 1. The molecule has 1 aromatic rings. The summed E-state index contributed by atoms with van der Waals surface area (Å²) in [4.78, 5) is 0.296. The Morgan fingerprint density at radius 1 is 0.911 bits per heavy atom. The minimum atomic E-state index is -3.78. The highest BCUT2D eigenvalue weighted by atomic mass is 32.2. The molecular formula is C44H74O10S2. The monoisotopic (exact) mass is 826 g/mol. The van der Waals surface area contributed by atoms with E-state index in [9.17, 15) is 21.9 Å². The average molecular weight is 827 g/mol. The number of sulfone groups is 1. The van der Waals surface area contributed by atoms with Gasteiger partial charge in [0.05, 0.1) is 65.7 Å². The van der Waals surface area contributed by atoms with Gasteiger partial charge in [0, 0.05) is 18.8 Å². The summed E-state index contributed by atoms with van der Waals surface area (Å²) < 4.78 is 82.7. The average Bonchev–Trinajstić information content (AvgIpc) is 3.60. The zero-order valence-corrected chi connectivity index (χ0v) is 37.6. The lowest BCUT2D eigenvalue weighted by atomic mass is 9.83. The van der Waals surface area contributed by atoms with Gasteiger partial charge in [-0.15, -0.1) is 0 Å². The Hall–Kier alpha value is -1.64. The molecule has 0 saturated carbocycles. The van der Waals surface area contributed by atoms with Crippen molar-refractivity contribution < 1.29 is 45.1 Å². The fourth-order valence-corrected chi connectivity index (χ4v) is 10.5. The first-order valence-corrected chi connectivity index (χ1v) is 24.4. The van der Waals surface area contributed by atoms with E-state index in [0.29, 0.717) is 48.5 Å². The molecular weight excluding hydrogens is 753 g/mol. The van der Waals surface area contributed by atoms with Crippen LogP contribution in [0.15, 0.2) is 53.5 Å². The van der Waals surface area contributed by atoms with Gasteiger partial charge < -0.3 is 24.1 Å². The molecule has 0 radical (unpaired) electrons. The fraction of sp³-hybridized carbons (Fsp3) is 0.773. The maximum absolute atomic E-state index is 13.7. The number of rotatable bonds is 25. The zero-order valence-electron chi connectivity index (χ0n) is 35.9. The lowest BCUT2D eigenvalue weighted by molar-refractivity contribution is -0.186. The number of benzene rings is 1. The second kappa shape index (κ2) is 22.1. The topological polar surface area (TPSA) is 135 Å². The van der Waals surface area contributed by atoms with Gasteiger partial charge in [0.2, 0.25) is 0 Å². The molecule has 0 aromatic heterocycles. The van der Waals surface area contributed by atoms with E-state index in [1.165, 1.54) is 0 Å². The third-order valence-electron chi connectivity index (χ3n) is 11.6. The summed E-state index contributed by atoms with van der Waals surface area (Å²) in [5, 5.41) is 11.6. The summed E-state index contributed by atoms with van der Waals surface area (Å²) in [5.41, 5.74) is 2.58. The molecule has 2 aliphatic heterocycles. The van der Waals surface area contributed by atoms with Gasteiger partial charge in [-0.25, -0.2) is 8.42 Å². The summed E-state index contributed by atoms with van der Waals surface area (Å²) in [5.74, 6) is -0.318. The van der Waals surface area contributed by atoms with Gasteiger partial charge in [0.25, 0.3) is 10.1 Å². The Labute approximate surface area is 340 Å². The molecule has 1 aromatic carbocycles. The van der Waals surface area contributed by atoms with Gasteiger partial charge in [0.15, 0.2) is 16.1 Å². The molecule has 0 spiro atoms. The third kappa shape index (κ3) is 15.5. The molecule has 10 atom stereocenters. The molecule has 1 N–H and O–H groups in total. The van der Waals surface area contributed by atoms with E-state index < -0.39 is 38.3 Å². The third-order valence-corrected chi connectivity index (χ3v) is 14.0. The van der Waals surface area contributed by atoms with Gasteiger partial charge >= 0.3 is 0 Å². The van der Waals surface area contributed by atoms with Crippen molar-refractivity contribution in [1.29, 1.82) is 0 Å². The van der Waals surface area contributed by atoms with Gasteiger partial charge in [-0.3, -0.25) is 4.18 Å². The second-order valence-corrected chi connectivity index (χ2v) is 20.8. The summed E-state index contributed by atoms with van der Waals surface area (Å²) in [7, 11) is -7.40. The Morgan fingerprint density at radius 3 is 2.09 bits per heavy atom. The number of aliphatic hydroxyl groups is 1. The van der Waals surface area contributed by atoms with E-state index >= 15 is 0 Å². The predicted molar refractivity (Wildman–Crippen MR) is 224 cm³/mol. The molecule has 12 heteroatoms. The van der Waals surface area contributed by atoms with Gasteiger partial charge in [-0.1, -0.05) is 66.3 Å². The molecule has 2 saturated heterocycles. The minimum Gasteiger partial charge on any atom is -0.389 e. The second-order valence-electron chi connectivity index (χ2n) is 17.2. The quantitative estimate of drug-likeness (QED) is 0.0580. The molecule has 0 aliphatic carbocycles. The number of hydrogen-bond donors (Lipinski definition) is 1. The highest BCUT2D eigenvalue weighted by Gasteiger charge is 2.45. The van der Waals surface area contributed by atoms with Gasteiger partial charge in [-0.2, -0.15) is 8.42 Å². The van der Waals surface area contributed by atoms with Crippen molar-refractivity contribution >= 4 is 20.0 Å². The molecule has 0 amide bonds. The summed E-state index contributed by atoms with van der Waals surface area (Å²) in [6.45, 7) is 26.8. The molecule has 2 aliphatic rings. The predicted octanol–water partition coefficient (Wildman–Crippen LogP) is 8.61. The van der Waals surface area contributed by atoms with E-state index in [0.717, 1.165) is 43.1 Å². The highest BCUT2D eigenvalue weighted by molar-refractivity contribution is 7.91. The van der Waals surface area contributed by atoms with E-state index in [4.69, 9.17) is 23.1 Å². The molecule has 0 unspecified atom stereocenters. The SMILES string of the molecule is C=C1C[C@H](CCC(OC(C)C)OC(C)C)O[C@H]1CC[C@H](C[C@H](C)C(=C)[C@H](O)C[C@@H]1O[C@H](C[C@H](C)CC)[C@H](C)[C@H]1CS(=O)(=O)c1ccc(CC)cc1)OS(C)(=O)=O. The van der Waals surface area contributed by atoms with Crippen LogP contribution >= 0.6 is 0 Å². The Bertz CT molecular complexity index is 1580. The van der Waals surface area contributed by atoms with Crippen molar-refractivity contribution in [2.24, 2.45) is 23.7 Å². The lowest BCUT2D eigenvalue weighted by Crippen LogP contribution is -2.32. The Morgan fingerprint density at radius 2 is 1.54 bits per heavy atom. The highest BCUT2D eigenvalue weighted by Crippen LogP contribution is 2.41. The van der Waals surface area contributed by atoms with Crippen LogP contribution in [-0.2, 0) is 49.5 Å². The van der Waals surface area contributed by atoms with Crippen LogP contribution in [-0.4, -0.2) is 89.1 Å².